The van der Waals surface area contributed by atoms with Gasteiger partial charge in [-0.25, -0.2) is 4.79 Å². The minimum absolute atomic E-state index is 0.187. The molecule has 4 heteroatoms. The molecule has 2 aromatic carbocycles. The second-order valence-electron chi connectivity index (χ2n) is 4.58. The molecule has 2 rings (SSSR count). The van der Waals surface area contributed by atoms with Crippen LogP contribution >= 0.6 is 0 Å². The van der Waals surface area contributed by atoms with Crippen LogP contribution in [0.25, 0.3) is 10.8 Å². The van der Waals surface area contributed by atoms with Crippen LogP contribution in [0.4, 0.5) is 0 Å². The van der Waals surface area contributed by atoms with Gasteiger partial charge in [0.1, 0.15) is 24.7 Å². The molecule has 0 heterocycles. The summed E-state index contributed by atoms with van der Waals surface area (Å²) in [6.07, 6.45) is 0. The number of carbonyl (C=O) groups is 1. The van der Waals surface area contributed by atoms with Gasteiger partial charge in [0.25, 0.3) is 0 Å². The van der Waals surface area contributed by atoms with Crippen LogP contribution in [0.3, 0.4) is 0 Å². The Kier molecular flexibility index (Phi) is 4.82. The Labute approximate surface area is 123 Å². The molecule has 0 fully saturated rings. The molecule has 21 heavy (non-hydrogen) atoms. The number of ether oxygens (including phenoxy) is 3. The summed E-state index contributed by atoms with van der Waals surface area (Å²) >= 11 is 0. The average Bonchev–Trinajstić information content (AvgIpc) is 2.50. The minimum atomic E-state index is -0.404. The maximum atomic E-state index is 11.3. The maximum absolute atomic E-state index is 11.3. The fourth-order valence-electron chi connectivity index (χ4n) is 1.97. The van der Waals surface area contributed by atoms with Crippen LogP contribution in [0, 0.1) is 0 Å². The first-order valence-electron chi connectivity index (χ1n) is 6.64. The van der Waals surface area contributed by atoms with E-state index >= 15 is 0 Å². The lowest BCUT2D eigenvalue weighted by Crippen LogP contribution is -2.12. The number of rotatable bonds is 6. The topological polar surface area (TPSA) is 44.8 Å². The number of esters is 1. The number of hydrogen-bond acceptors (Lipinski definition) is 4. The summed E-state index contributed by atoms with van der Waals surface area (Å²) in [6, 6.07) is 11.5. The van der Waals surface area contributed by atoms with Gasteiger partial charge in [0.2, 0.25) is 0 Å². The zero-order chi connectivity index (χ0) is 15.2. The first kappa shape index (κ1) is 14.9. The number of carbonyl (C=O) groups excluding carboxylic acids is 1. The van der Waals surface area contributed by atoms with Crippen molar-refractivity contribution in [2.75, 3.05) is 20.3 Å². The maximum Gasteiger partial charge on any atom is 0.333 e. The molecule has 0 N–H and O–H groups in total. The highest BCUT2D eigenvalue weighted by atomic mass is 16.6. The lowest BCUT2D eigenvalue weighted by Gasteiger charge is -2.11. The summed E-state index contributed by atoms with van der Waals surface area (Å²) in [5, 5.41) is 1.94. The van der Waals surface area contributed by atoms with E-state index < -0.39 is 5.97 Å². The molecular weight excluding hydrogens is 268 g/mol. The molecule has 0 spiro atoms. The lowest BCUT2D eigenvalue weighted by atomic mass is 10.1. The third-order valence-corrected chi connectivity index (χ3v) is 2.98. The molecule has 0 aromatic heterocycles. The van der Waals surface area contributed by atoms with Gasteiger partial charge < -0.3 is 14.2 Å². The zero-order valence-electron chi connectivity index (χ0n) is 12.2. The van der Waals surface area contributed by atoms with Gasteiger partial charge in [0.15, 0.2) is 0 Å². The molecule has 0 atom stereocenters. The Balaban J connectivity index is 2.06. The van der Waals surface area contributed by atoms with Gasteiger partial charge in [-0.05, 0) is 19.1 Å². The van der Waals surface area contributed by atoms with Crippen LogP contribution in [-0.4, -0.2) is 26.3 Å². The molecule has 0 aliphatic rings. The van der Waals surface area contributed by atoms with Crippen molar-refractivity contribution >= 4 is 16.7 Å². The van der Waals surface area contributed by atoms with Crippen molar-refractivity contribution in [2.45, 2.75) is 6.92 Å². The molecule has 0 bridgehead atoms. The van der Waals surface area contributed by atoms with Crippen molar-refractivity contribution in [1.29, 1.82) is 0 Å². The second-order valence-corrected chi connectivity index (χ2v) is 4.58. The van der Waals surface area contributed by atoms with Crippen LogP contribution in [-0.2, 0) is 9.53 Å². The molecule has 4 nitrogen and oxygen atoms in total. The smallest absolute Gasteiger partial charge is 0.333 e. The highest BCUT2D eigenvalue weighted by Crippen LogP contribution is 2.31. The summed E-state index contributed by atoms with van der Waals surface area (Å²) in [4.78, 5) is 11.3. The predicted octanol–water partition coefficient (Wildman–Crippen LogP) is 3.35. The first-order valence-corrected chi connectivity index (χ1v) is 6.64. The van der Waals surface area contributed by atoms with Gasteiger partial charge in [-0.15, -0.1) is 0 Å². The van der Waals surface area contributed by atoms with Crippen LogP contribution < -0.4 is 9.47 Å². The average molecular weight is 286 g/mol. The fourth-order valence-corrected chi connectivity index (χ4v) is 1.97. The highest BCUT2D eigenvalue weighted by Gasteiger charge is 2.07. The largest absolute Gasteiger partial charge is 0.496 e. The Bertz CT molecular complexity index is 661. The van der Waals surface area contributed by atoms with E-state index in [9.17, 15) is 4.79 Å². The predicted molar refractivity (Wildman–Crippen MR) is 81.8 cm³/mol. The van der Waals surface area contributed by atoms with Crippen LogP contribution in [0.1, 0.15) is 6.92 Å². The van der Waals surface area contributed by atoms with Crippen molar-refractivity contribution in [3.63, 3.8) is 0 Å². The third kappa shape index (κ3) is 3.54. The van der Waals surface area contributed by atoms with Gasteiger partial charge in [-0.1, -0.05) is 30.8 Å². The summed E-state index contributed by atoms with van der Waals surface area (Å²) in [6.45, 7) is 5.61. The van der Waals surface area contributed by atoms with E-state index in [4.69, 9.17) is 14.2 Å². The molecule has 110 valence electrons. The Morgan fingerprint density at radius 3 is 2.29 bits per heavy atom. The van der Waals surface area contributed by atoms with E-state index in [-0.39, 0.29) is 13.2 Å². The van der Waals surface area contributed by atoms with E-state index in [1.807, 2.05) is 36.4 Å². The van der Waals surface area contributed by atoms with Crippen molar-refractivity contribution in [2.24, 2.45) is 0 Å². The number of benzene rings is 2. The monoisotopic (exact) mass is 286 g/mol. The molecule has 0 saturated carbocycles. The second kappa shape index (κ2) is 6.79. The molecule has 0 radical (unpaired) electrons. The quantitative estimate of drug-likeness (QED) is 0.464. The molecule has 2 aromatic rings. The molecule has 0 aliphatic heterocycles. The lowest BCUT2D eigenvalue weighted by molar-refractivity contribution is -0.139. The normalized spacial score (nSPS) is 10.2. The Morgan fingerprint density at radius 1 is 1.05 bits per heavy atom. The van der Waals surface area contributed by atoms with Gasteiger partial charge in [0.05, 0.1) is 7.11 Å². The standard InChI is InChI=1S/C17H18O4/c1-12(2)17(18)21-11-10-20-16-9-5-6-13-14(16)7-4-8-15(13)19-3/h4-9H,1,10-11H2,2-3H3. The third-order valence-electron chi connectivity index (χ3n) is 2.98. The van der Waals surface area contributed by atoms with E-state index in [0.29, 0.717) is 5.57 Å². The van der Waals surface area contributed by atoms with Gasteiger partial charge in [-0.3, -0.25) is 0 Å². The van der Waals surface area contributed by atoms with Crippen molar-refractivity contribution in [3.8, 4) is 11.5 Å². The van der Waals surface area contributed by atoms with Gasteiger partial charge in [-0.2, -0.15) is 0 Å². The molecule has 0 aliphatic carbocycles. The minimum Gasteiger partial charge on any atom is -0.496 e. The van der Waals surface area contributed by atoms with E-state index in [1.54, 1.807) is 14.0 Å². The fraction of sp³-hybridized carbons (Fsp3) is 0.235. The Morgan fingerprint density at radius 2 is 1.67 bits per heavy atom. The molecular formula is C17H18O4. The summed E-state index contributed by atoms with van der Waals surface area (Å²) in [7, 11) is 1.64. The van der Waals surface area contributed by atoms with E-state index in [2.05, 4.69) is 6.58 Å². The molecule has 0 amide bonds. The van der Waals surface area contributed by atoms with E-state index in [0.717, 1.165) is 22.3 Å². The van der Waals surface area contributed by atoms with E-state index in [1.165, 1.54) is 0 Å². The van der Waals surface area contributed by atoms with Crippen LogP contribution in [0.15, 0.2) is 48.6 Å². The summed E-state index contributed by atoms with van der Waals surface area (Å²) < 4.78 is 16.0. The van der Waals surface area contributed by atoms with Crippen molar-refractivity contribution < 1.29 is 19.0 Å². The summed E-state index contributed by atoms with van der Waals surface area (Å²) in [5.74, 6) is 1.13. The first-order chi connectivity index (χ1) is 10.1. The highest BCUT2D eigenvalue weighted by molar-refractivity contribution is 5.93. The number of methoxy groups -OCH3 is 1. The van der Waals surface area contributed by atoms with Gasteiger partial charge >= 0.3 is 5.97 Å². The Hall–Kier alpha value is -2.49. The van der Waals surface area contributed by atoms with Crippen molar-refractivity contribution in [3.05, 3.63) is 48.6 Å². The number of fused-ring (bicyclic) bond motifs is 1. The zero-order valence-corrected chi connectivity index (χ0v) is 12.2. The molecule has 0 unspecified atom stereocenters. The van der Waals surface area contributed by atoms with Crippen LogP contribution in [0.2, 0.25) is 0 Å². The SMILES string of the molecule is C=C(C)C(=O)OCCOc1cccc2c(OC)cccc12. The molecule has 0 saturated heterocycles. The van der Waals surface area contributed by atoms with Crippen LogP contribution in [0.5, 0.6) is 11.5 Å². The summed E-state index contributed by atoms with van der Waals surface area (Å²) in [5.41, 5.74) is 0.380. The number of hydrogen-bond donors (Lipinski definition) is 0. The van der Waals surface area contributed by atoms with Gasteiger partial charge in [0, 0.05) is 16.3 Å². The van der Waals surface area contributed by atoms with Crippen molar-refractivity contribution in [1.82, 2.24) is 0 Å².